The van der Waals surface area contributed by atoms with Crippen LogP contribution in [-0.2, 0) is 10.9 Å². The maximum atomic E-state index is 12.8. The van der Waals surface area contributed by atoms with Gasteiger partial charge in [0.15, 0.2) is 0 Å². The summed E-state index contributed by atoms with van der Waals surface area (Å²) in [6.07, 6.45) is 2.39. The molecule has 2 heterocycles. The fraction of sp³-hybridized carbons (Fsp3) is 0.500. The van der Waals surface area contributed by atoms with E-state index in [2.05, 4.69) is 14.9 Å². The van der Waals surface area contributed by atoms with Crippen LogP contribution >= 0.6 is 0 Å². The maximum absolute atomic E-state index is 12.8. The zero-order valence-corrected chi connectivity index (χ0v) is 14.9. The van der Waals surface area contributed by atoms with Crippen LogP contribution in [0, 0.1) is 5.92 Å². The van der Waals surface area contributed by atoms with Crippen molar-refractivity contribution < 1.29 is 17.9 Å². The average Bonchev–Trinajstić information content (AvgIpc) is 3.39. The van der Waals surface area contributed by atoms with E-state index in [1.165, 1.54) is 12.8 Å². The molecule has 0 N–H and O–H groups in total. The second kappa shape index (κ2) is 7.46. The lowest BCUT2D eigenvalue weighted by Gasteiger charge is -2.24. The lowest BCUT2D eigenvalue weighted by molar-refractivity contribution is -0.137. The van der Waals surface area contributed by atoms with Gasteiger partial charge in [-0.2, -0.15) is 13.2 Å². The van der Waals surface area contributed by atoms with Crippen molar-refractivity contribution in [3.8, 4) is 0 Å². The third-order valence-electron chi connectivity index (χ3n) is 5.29. The summed E-state index contributed by atoms with van der Waals surface area (Å²) < 4.78 is 44.3. The molecule has 1 unspecified atom stereocenters. The second-order valence-corrected chi connectivity index (χ2v) is 7.39. The zero-order valence-electron chi connectivity index (χ0n) is 14.9. The van der Waals surface area contributed by atoms with Crippen molar-refractivity contribution in [1.29, 1.82) is 0 Å². The van der Waals surface area contributed by atoms with Gasteiger partial charge < -0.3 is 9.64 Å². The largest absolute Gasteiger partial charge is 0.416 e. The maximum Gasteiger partial charge on any atom is 0.416 e. The normalized spacial score (nSPS) is 23.0. The number of hydrogen-bond acceptors (Lipinski definition) is 4. The lowest BCUT2D eigenvalue weighted by atomic mass is 9.95. The molecule has 0 radical (unpaired) electrons. The molecule has 1 saturated carbocycles. The van der Waals surface area contributed by atoms with E-state index in [9.17, 15) is 13.2 Å². The lowest BCUT2D eigenvalue weighted by Crippen LogP contribution is -2.34. The summed E-state index contributed by atoms with van der Waals surface area (Å²) in [6, 6.07) is 7.39. The number of rotatable bonds is 6. The van der Waals surface area contributed by atoms with Crippen molar-refractivity contribution in [3.05, 3.63) is 53.9 Å². The van der Waals surface area contributed by atoms with Crippen LogP contribution in [0.4, 0.5) is 19.1 Å². The van der Waals surface area contributed by atoms with Crippen molar-refractivity contribution >= 4 is 5.95 Å². The standard InChI is InChI=1S/C20H22F3N3O/c21-20(22,23)17-6-4-15(5-7-17)16-10-18(13-27-12-14-2-3-14)26(11-16)19-24-8-1-9-25-19/h1,4-9,14,16,18H,2-3,10-13H2/t16?,18-/m0/s1. The molecule has 1 saturated heterocycles. The molecule has 0 bridgehead atoms. The van der Waals surface area contributed by atoms with E-state index < -0.39 is 11.7 Å². The molecule has 7 heteroatoms. The molecule has 0 amide bonds. The number of halogens is 3. The summed E-state index contributed by atoms with van der Waals surface area (Å²) in [4.78, 5) is 10.8. The van der Waals surface area contributed by atoms with Crippen molar-refractivity contribution in [1.82, 2.24) is 9.97 Å². The predicted octanol–water partition coefficient (Wildman–Crippen LogP) is 4.28. The number of hydrogen-bond donors (Lipinski definition) is 0. The van der Waals surface area contributed by atoms with Crippen molar-refractivity contribution in [3.63, 3.8) is 0 Å². The minimum Gasteiger partial charge on any atom is -0.379 e. The fourth-order valence-corrected chi connectivity index (χ4v) is 3.60. The molecular formula is C20H22F3N3O. The van der Waals surface area contributed by atoms with Gasteiger partial charge in [0.2, 0.25) is 5.95 Å². The smallest absolute Gasteiger partial charge is 0.379 e. The Labute approximate surface area is 156 Å². The predicted molar refractivity (Wildman–Crippen MR) is 95.5 cm³/mol. The average molecular weight is 377 g/mol. The number of aromatic nitrogens is 2. The van der Waals surface area contributed by atoms with Gasteiger partial charge in [0, 0.05) is 31.5 Å². The summed E-state index contributed by atoms with van der Waals surface area (Å²) in [5.41, 5.74) is 0.297. The van der Waals surface area contributed by atoms with Crippen molar-refractivity contribution in [2.75, 3.05) is 24.7 Å². The van der Waals surface area contributed by atoms with Crippen LogP contribution in [0.25, 0.3) is 0 Å². The Morgan fingerprint density at radius 1 is 1.04 bits per heavy atom. The Morgan fingerprint density at radius 3 is 2.37 bits per heavy atom. The molecule has 4 rings (SSSR count). The summed E-state index contributed by atoms with van der Waals surface area (Å²) in [5.74, 6) is 1.47. The van der Waals surface area contributed by atoms with Crippen molar-refractivity contribution in [2.45, 2.75) is 37.4 Å². The topological polar surface area (TPSA) is 38.2 Å². The molecule has 2 aromatic rings. The van der Waals surface area contributed by atoms with Gasteiger partial charge >= 0.3 is 6.18 Å². The minimum absolute atomic E-state index is 0.124. The van der Waals surface area contributed by atoms with E-state index in [0.29, 0.717) is 25.0 Å². The van der Waals surface area contributed by atoms with E-state index in [1.54, 1.807) is 30.6 Å². The molecule has 2 atom stereocenters. The molecule has 1 aliphatic carbocycles. The Kier molecular flexibility index (Phi) is 5.04. The van der Waals surface area contributed by atoms with E-state index in [4.69, 9.17) is 4.74 Å². The van der Waals surface area contributed by atoms with Gasteiger partial charge in [0.1, 0.15) is 0 Å². The molecule has 144 valence electrons. The first-order chi connectivity index (χ1) is 13.0. The molecule has 2 aliphatic rings. The second-order valence-electron chi connectivity index (χ2n) is 7.39. The first-order valence-corrected chi connectivity index (χ1v) is 9.29. The van der Waals surface area contributed by atoms with Crippen LogP contribution in [0.5, 0.6) is 0 Å². The van der Waals surface area contributed by atoms with E-state index in [1.807, 2.05) is 0 Å². The summed E-state index contributed by atoms with van der Waals surface area (Å²) in [6.45, 7) is 2.05. The van der Waals surface area contributed by atoms with Crippen LogP contribution in [0.15, 0.2) is 42.7 Å². The molecule has 1 aromatic carbocycles. The van der Waals surface area contributed by atoms with Crippen LogP contribution in [0.2, 0.25) is 0 Å². The number of alkyl halides is 3. The van der Waals surface area contributed by atoms with E-state index >= 15 is 0 Å². The quantitative estimate of drug-likeness (QED) is 0.753. The highest BCUT2D eigenvalue weighted by Crippen LogP contribution is 2.36. The van der Waals surface area contributed by atoms with Gasteiger partial charge in [-0.15, -0.1) is 0 Å². The number of nitrogens with zero attached hydrogens (tertiary/aromatic N) is 3. The molecule has 4 nitrogen and oxygen atoms in total. The van der Waals surface area contributed by atoms with Crippen LogP contribution in [0.1, 0.15) is 36.3 Å². The number of benzene rings is 1. The van der Waals surface area contributed by atoms with Gasteiger partial charge in [-0.25, -0.2) is 9.97 Å². The highest BCUT2D eigenvalue weighted by atomic mass is 19.4. The fourth-order valence-electron chi connectivity index (χ4n) is 3.60. The van der Waals surface area contributed by atoms with Gasteiger partial charge in [0.05, 0.1) is 18.2 Å². The highest BCUT2D eigenvalue weighted by molar-refractivity contribution is 5.38. The van der Waals surface area contributed by atoms with Crippen molar-refractivity contribution in [2.24, 2.45) is 5.92 Å². The summed E-state index contributed by atoms with van der Waals surface area (Å²) in [7, 11) is 0. The number of anilines is 1. The van der Waals surface area contributed by atoms with Crippen LogP contribution in [0.3, 0.4) is 0 Å². The highest BCUT2D eigenvalue weighted by Gasteiger charge is 2.36. The van der Waals surface area contributed by atoms with E-state index in [0.717, 1.165) is 30.7 Å². The third-order valence-corrected chi connectivity index (χ3v) is 5.29. The molecule has 2 fully saturated rings. The molecule has 1 aliphatic heterocycles. The van der Waals surface area contributed by atoms with Crippen LogP contribution in [-0.4, -0.2) is 35.8 Å². The summed E-state index contributed by atoms with van der Waals surface area (Å²) in [5, 5.41) is 0. The van der Waals surface area contributed by atoms with Gasteiger partial charge in [-0.1, -0.05) is 12.1 Å². The Balaban J connectivity index is 1.48. The summed E-state index contributed by atoms with van der Waals surface area (Å²) >= 11 is 0. The minimum atomic E-state index is -4.31. The molecule has 27 heavy (non-hydrogen) atoms. The van der Waals surface area contributed by atoms with Gasteiger partial charge in [-0.05, 0) is 48.9 Å². The van der Waals surface area contributed by atoms with Gasteiger partial charge in [-0.3, -0.25) is 0 Å². The molecule has 1 aromatic heterocycles. The monoisotopic (exact) mass is 377 g/mol. The van der Waals surface area contributed by atoms with Gasteiger partial charge in [0.25, 0.3) is 0 Å². The first-order valence-electron chi connectivity index (χ1n) is 9.29. The molecular weight excluding hydrogens is 355 g/mol. The Morgan fingerprint density at radius 2 is 1.74 bits per heavy atom. The van der Waals surface area contributed by atoms with Crippen LogP contribution < -0.4 is 4.90 Å². The van der Waals surface area contributed by atoms with E-state index in [-0.39, 0.29) is 12.0 Å². The zero-order chi connectivity index (χ0) is 18.9. The molecule has 0 spiro atoms. The SMILES string of the molecule is FC(F)(F)c1ccc(C2C[C@@H](COCC3CC3)N(c3ncccn3)C2)cc1. The Bertz CT molecular complexity index is 747. The number of ether oxygens (including phenoxy) is 1. The first kappa shape index (κ1) is 18.2. The Hall–Kier alpha value is -2.15. The third kappa shape index (κ3) is 4.40.